The van der Waals surface area contributed by atoms with Crippen LogP contribution < -0.4 is 4.74 Å². The second-order valence-electron chi connectivity index (χ2n) is 9.80. The molecule has 7 heteroatoms. The van der Waals surface area contributed by atoms with Gasteiger partial charge in [0.05, 0.1) is 19.1 Å². The third-order valence-corrected chi connectivity index (χ3v) is 7.82. The van der Waals surface area contributed by atoms with Crippen molar-refractivity contribution in [2.75, 3.05) is 34.3 Å². The monoisotopic (exact) mass is 465 g/mol. The van der Waals surface area contributed by atoms with Gasteiger partial charge in [-0.1, -0.05) is 42.5 Å². The van der Waals surface area contributed by atoms with Crippen molar-refractivity contribution in [3.8, 4) is 5.75 Å². The summed E-state index contributed by atoms with van der Waals surface area (Å²) in [5, 5.41) is 9.33. The van der Waals surface area contributed by atoms with Crippen LogP contribution in [0.5, 0.6) is 5.75 Å². The maximum absolute atomic E-state index is 13.5. The number of carbonyl (C=O) groups excluding carboxylic acids is 1. The molecule has 0 atom stereocenters. The van der Waals surface area contributed by atoms with Crippen LogP contribution in [0.25, 0.3) is 0 Å². The number of rotatable bonds is 8. The van der Waals surface area contributed by atoms with Crippen molar-refractivity contribution in [3.05, 3.63) is 65.7 Å². The molecule has 7 nitrogen and oxygen atoms in total. The van der Waals surface area contributed by atoms with E-state index < -0.39 is 5.97 Å². The highest BCUT2D eigenvalue weighted by Crippen LogP contribution is 2.49. The Labute approximate surface area is 201 Å². The van der Waals surface area contributed by atoms with Gasteiger partial charge in [0, 0.05) is 25.2 Å². The van der Waals surface area contributed by atoms with Crippen molar-refractivity contribution >= 4 is 12.0 Å². The first-order valence-electron chi connectivity index (χ1n) is 11.9. The zero-order valence-corrected chi connectivity index (χ0v) is 20.4. The predicted molar refractivity (Wildman–Crippen MR) is 131 cm³/mol. The zero-order chi connectivity index (χ0) is 24.3. The molecular formula is C27H35N3O4. The Kier molecular flexibility index (Phi) is 6.84. The molecule has 0 radical (unpaired) electrons. The number of methoxy groups -OCH3 is 1. The Hall–Kier alpha value is -3.06. The van der Waals surface area contributed by atoms with Crippen LogP contribution in [0.1, 0.15) is 43.2 Å². The Morgan fingerprint density at radius 3 is 2.24 bits per heavy atom. The van der Waals surface area contributed by atoms with Crippen LogP contribution in [-0.4, -0.2) is 71.6 Å². The molecule has 2 aromatic rings. The topological polar surface area (TPSA) is 73.3 Å². The summed E-state index contributed by atoms with van der Waals surface area (Å²) in [7, 11) is 5.89. The van der Waals surface area contributed by atoms with Gasteiger partial charge in [0.1, 0.15) is 5.75 Å². The Morgan fingerprint density at radius 2 is 1.68 bits per heavy atom. The summed E-state index contributed by atoms with van der Waals surface area (Å²) in [4.78, 5) is 30.9. The van der Waals surface area contributed by atoms with Crippen molar-refractivity contribution in [2.24, 2.45) is 0 Å². The minimum Gasteiger partial charge on any atom is -0.497 e. The minimum absolute atomic E-state index is 0.0403. The molecule has 1 heterocycles. The maximum Gasteiger partial charge on any atom is 0.320 e. The van der Waals surface area contributed by atoms with Gasteiger partial charge in [-0.3, -0.25) is 9.69 Å². The van der Waals surface area contributed by atoms with E-state index in [1.165, 1.54) is 5.56 Å². The van der Waals surface area contributed by atoms with Gasteiger partial charge in [0.2, 0.25) is 0 Å². The molecule has 182 valence electrons. The Balaban J connectivity index is 1.58. The molecule has 1 aliphatic heterocycles. The molecule has 2 fully saturated rings. The maximum atomic E-state index is 13.5. The van der Waals surface area contributed by atoms with Gasteiger partial charge >= 0.3 is 12.0 Å². The van der Waals surface area contributed by atoms with Gasteiger partial charge < -0.3 is 19.6 Å². The number of aliphatic carboxylic acids is 1. The van der Waals surface area contributed by atoms with E-state index in [-0.39, 0.29) is 30.1 Å². The highest BCUT2D eigenvalue weighted by Gasteiger charge is 2.54. The normalized spacial score (nSPS) is 24.8. The van der Waals surface area contributed by atoms with E-state index in [9.17, 15) is 14.7 Å². The van der Waals surface area contributed by atoms with Crippen molar-refractivity contribution in [1.82, 2.24) is 14.7 Å². The molecule has 0 unspecified atom stereocenters. The fourth-order valence-corrected chi connectivity index (χ4v) is 5.80. The second kappa shape index (κ2) is 9.66. The van der Waals surface area contributed by atoms with Gasteiger partial charge in [-0.25, -0.2) is 4.79 Å². The van der Waals surface area contributed by atoms with Crippen LogP contribution in [0.2, 0.25) is 0 Å². The van der Waals surface area contributed by atoms with E-state index in [0.717, 1.165) is 37.0 Å². The number of benzene rings is 2. The molecule has 1 saturated carbocycles. The number of nitrogens with zero attached hydrogens (tertiary/aromatic N) is 3. The van der Waals surface area contributed by atoms with E-state index in [2.05, 4.69) is 43.3 Å². The molecule has 34 heavy (non-hydrogen) atoms. The quantitative estimate of drug-likeness (QED) is 0.633. The lowest BCUT2D eigenvalue weighted by Gasteiger charge is -2.51. The number of carbonyl (C=O) groups is 2. The first-order chi connectivity index (χ1) is 16.3. The van der Waals surface area contributed by atoms with Crippen LogP contribution in [0, 0.1) is 0 Å². The van der Waals surface area contributed by atoms with Crippen molar-refractivity contribution in [3.63, 3.8) is 0 Å². The summed E-state index contributed by atoms with van der Waals surface area (Å²) in [5.41, 5.74) is 1.91. The van der Waals surface area contributed by atoms with Crippen LogP contribution in [-0.2, 0) is 16.9 Å². The van der Waals surface area contributed by atoms with Crippen molar-refractivity contribution in [1.29, 1.82) is 0 Å². The number of hydrogen-bond donors (Lipinski definition) is 1. The molecule has 1 spiro atoms. The van der Waals surface area contributed by atoms with Crippen molar-refractivity contribution in [2.45, 2.75) is 49.7 Å². The van der Waals surface area contributed by atoms with Gasteiger partial charge in [-0.05, 0) is 63.0 Å². The largest absolute Gasteiger partial charge is 0.497 e. The lowest BCUT2D eigenvalue weighted by atomic mass is 9.68. The summed E-state index contributed by atoms with van der Waals surface area (Å²) in [6, 6.07) is 18.3. The molecule has 2 aromatic carbocycles. The van der Waals surface area contributed by atoms with Crippen LogP contribution in [0.3, 0.4) is 0 Å². The van der Waals surface area contributed by atoms with Crippen LogP contribution >= 0.6 is 0 Å². The van der Waals surface area contributed by atoms with E-state index in [1.807, 2.05) is 40.1 Å². The van der Waals surface area contributed by atoms with Crippen LogP contribution in [0.15, 0.2) is 54.6 Å². The molecule has 4 rings (SSSR count). The molecule has 0 aromatic heterocycles. The Bertz CT molecular complexity index is 998. The first-order valence-corrected chi connectivity index (χ1v) is 11.9. The average Bonchev–Trinajstić information content (AvgIpc) is 3.09. The third kappa shape index (κ3) is 4.49. The molecule has 2 amide bonds. The smallest absolute Gasteiger partial charge is 0.320 e. The van der Waals surface area contributed by atoms with Gasteiger partial charge in [-0.2, -0.15) is 0 Å². The van der Waals surface area contributed by atoms with Crippen molar-refractivity contribution < 1.29 is 19.4 Å². The number of carboxylic acids is 1. The highest BCUT2D eigenvalue weighted by atomic mass is 16.5. The molecular weight excluding hydrogens is 430 g/mol. The number of hydrogen-bond acceptors (Lipinski definition) is 4. The predicted octanol–water partition coefficient (Wildman–Crippen LogP) is 4.18. The number of amides is 2. The summed E-state index contributed by atoms with van der Waals surface area (Å²) >= 11 is 0. The first kappa shape index (κ1) is 24.1. The molecule has 1 aliphatic carbocycles. The number of carboxylic acid groups (broad SMARTS) is 1. The molecule has 2 aliphatic rings. The molecule has 0 bridgehead atoms. The third-order valence-electron chi connectivity index (χ3n) is 7.82. The van der Waals surface area contributed by atoms with Crippen LogP contribution in [0.4, 0.5) is 4.79 Å². The minimum atomic E-state index is -0.876. The highest BCUT2D eigenvalue weighted by molar-refractivity contribution is 5.79. The van der Waals surface area contributed by atoms with E-state index >= 15 is 0 Å². The van der Waals surface area contributed by atoms with Gasteiger partial charge in [0.15, 0.2) is 0 Å². The fourth-order valence-electron chi connectivity index (χ4n) is 5.80. The lowest BCUT2D eigenvalue weighted by Crippen LogP contribution is -2.55. The van der Waals surface area contributed by atoms with Gasteiger partial charge in [0.25, 0.3) is 0 Å². The second-order valence-corrected chi connectivity index (χ2v) is 9.80. The van der Waals surface area contributed by atoms with E-state index in [4.69, 9.17) is 4.74 Å². The molecule has 1 N–H and O–H groups in total. The zero-order valence-electron chi connectivity index (χ0n) is 20.4. The number of ether oxygens (including phenoxy) is 1. The molecule has 1 saturated heterocycles. The lowest BCUT2D eigenvalue weighted by molar-refractivity contribution is -0.137. The van der Waals surface area contributed by atoms with E-state index in [1.54, 1.807) is 7.11 Å². The number of urea groups is 1. The average molecular weight is 466 g/mol. The summed E-state index contributed by atoms with van der Waals surface area (Å²) in [5.74, 6) is -0.0939. The summed E-state index contributed by atoms with van der Waals surface area (Å²) in [6.07, 6.45) is 3.46. The summed E-state index contributed by atoms with van der Waals surface area (Å²) < 4.78 is 5.25. The van der Waals surface area contributed by atoms with Gasteiger partial charge in [-0.15, -0.1) is 0 Å². The SMILES string of the molecule is COc1ccc(CN2C[C@]3(CC[C@](c4ccccc4)(N(C)C)CC3)N(CCC(=O)O)C2=O)cc1. The Morgan fingerprint density at radius 1 is 1.03 bits per heavy atom. The standard InChI is InChI=1S/C27H35N3O4/c1-28(2)27(22-7-5-4-6-8-22)16-14-26(15-17-27)20-29(25(33)30(26)18-13-24(31)32)19-21-9-11-23(34-3)12-10-21/h4-12H,13-20H2,1-3H3,(H,31,32)/t26-,27+. The van der Waals surface area contributed by atoms with E-state index in [0.29, 0.717) is 13.1 Å². The fraction of sp³-hybridized carbons (Fsp3) is 0.481. The summed E-state index contributed by atoms with van der Waals surface area (Å²) in [6.45, 7) is 1.37.